The van der Waals surface area contributed by atoms with E-state index in [0.717, 1.165) is 0 Å². The van der Waals surface area contributed by atoms with Crippen molar-refractivity contribution in [2.45, 2.75) is 0 Å². The van der Waals surface area contributed by atoms with Crippen molar-refractivity contribution in [2.24, 2.45) is 0 Å². The number of rotatable bonds is 0. The Morgan fingerprint density at radius 3 is 0.800 bits per heavy atom. The molecule has 0 amide bonds. The van der Waals surface area contributed by atoms with Crippen molar-refractivity contribution in [1.29, 1.82) is 0 Å². The van der Waals surface area contributed by atoms with Gasteiger partial charge >= 0.3 is 0 Å². The molecule has 0 bridgehead atoms. The van der Waals surface area contributed by atoms with Crippen LogP contribution in [0.2, 0.25) is 0 Å². The van der Waals surface area contributed by atoms with Crippen LogP contribution < -0.4 is 0 Å². The summed E-state index contributed by atoms with van der Waals surface area (Å²) in [7, 11) is 0. The molecule has 0 fully saturated rings. The first-order valence-corrected chi connectivity index (χ1v) is 0. The van der Waals surface area contributed by atoms with Gasteiger partial charge in [-0.1, -0.05) is 0 Å². The van der Waals surface area contributed by atoms with Gasteiger partial charge in [0.2, 0.25) is 0 Å². The van der Waals surface area contributed by atoms with Crippen molar-refractivity contribution in [3.05, 3.63) is 0 Å². The molecule has 17 valence electrons. The molecule has 0 unspecified atom stereocenters. The largest absolute Gasteiger partial charge is 0 e. The van der Waals surface area contributed by atoms with Crippen LogP contribution in [0.3, 0.4) is 0 Å². The Balaban J connectivity index is 0. The minimum atomic E-state index is 0. The summed E-state index contributed by atoms with van der Waals surface area (Å²) in [6.07, 6.45) is 0. The van der Waals surface area contributed by atoms with Gasteiger partial charge in [0.25, 0.3) is 0 Å². The van der Waals surface area contributed by atoms with Crippen LogP contribution >= 0.6 is 0 Å². The van der Waals surface area contributed by atoms with Crippen molar-refractivity contribution in [1.82, 2.24) is 0 Å². The summed E-state index contributed by atoms with van der Waals surface area (Å²) in [5.74, 6) is 0. The van der Waals surface area contributed by atoms with E-state index < -0.39 is 0 Å². The first-order chi connectivity index (χ1) is 0. The summed E-state index contributed by atoms with van der Waals surface area (Å²) >= 11 is 0. The van der Waals surface area contributed by atoms with Crippen molar-refractivity contribution in [2.75, 3.05) is 0 Å². The second-order valence-electron chi connectivity index (χ2n) is 0. The molecule has 0 aromatic carbocycles. The zero-order chi connectivity index (χ0) is 0. The molecule has 0 nitrogen and oxygen atoms in total. The van der Waals surface area contributed by atoms with E-state index in [9.17, 15) is 0 Å². The second kappa shape index (κ2) is 24.4. The summed E-state index contributed by atoms with van der Waals surface area (Å²) in [4.78, 5) is 0. The van der Waals surface area contributed by atoms with Crippen LogP contribution in [0.25, 0.3) is 0 Å². The standard InChI is InChI=1S/Ce.2Mg.Mn.Zn. The number of hydrogen-bond donors (Lipinski definition) is 0. The molecule has 5 heavy (non-hydrogen) atoms. The average molecular weight is 309 g/mol. The van der Waals surface area contributed by atoms with Crippen molar-refractivity contribution in [3.8, 4) is 0 Å². The molecule has 0 aromatic heterocycles. The average Bonchev–Trinajstić information content (AvgIpc) is 0. The minimum absolute atomic E-state index is 0. The maximum atomic E-state index is 0. The predicted molar refractivity (Wildman–Crippen MR) is 11.5 cm³/mol. The zero-order valence-electron chi connectivity index (χ0n) is 3.00. The fourth-order valence-corrected chi connectivity index (χ4v) is 0. The van der Waals surface area contributed by atoms with Crippen molar-refractivity contribution < 1.29 is 78.3 Å². The molecule has 0 spiro atoms. The molecular weight excluding hydrogens is 309 g/mol. The van der Waals surface area contributed by atoms with Crippen LogP contribution in [-0.4, -0.2) is 46.1 Å². The van der Waals surface area contributed by atoms with E-state index in [-0.39, 0.29) is 124 Å². The number of hydrogen-bond acceptors (Lipinski definition) is 0. The maximum absolute atomic E-state index is 0. The van der Waals surface area contributed by atoms with Gasteiger partial charge in [-0.2, -0.15) is 0 Å². The zero-order valence-corrected chi connectivity index (χ0v) is 13.1. The summed E-state index contributed by atoms with van der Waals surface area (Å²) in [5, 5.41) is 0. The third kappa shape index (κ3) is 18.0. The topological polar surface area (TPSA) is 0 Å². The van der Waals surface area contributed by atoms with Crippen molar-refractivity contribution >= 4 is 46.1 Å². The Kier molecular flexibility index (Phi) is 174. The van der Waals surface area contributed by atoms with E-state index in [2.05, 4.69) is 0 Å². The molecule has 0 saturated carbocycles. The van der Waals surface area contributed by atoms with E-state index in [1.54, 1.807) is 0 Å². The molecule has 0 saturated heterocycles. The molecule has 5 radical (unpaired) electrons. The third-order valence-corrected chi connectivity index (χ3v) is 0. The van der Waals surface area contributed by atoms with Gasteiger partial charge in [-0.25, -0.2) is 0 Å². The third-order valence-electron chi connectivity index (χ3n) is 0. The Labute approximate surface area is 121 Å². The predicted octanol–water partition coefficient (Wildman–Crippen LogP) is -0.767. The molecule has 0 aromatic rings. The minimum Gasteiger partial charge on any atom is 0 e. The van der Waals surface area contributed by atoms with Gasteiger partial charge in [0, 0.05) is 124 Å². The van der Waals surface area contributed by atoms with Crippen LogP contribution in [-0.2, 0) is 36.5 Å². The van der Waals surface area contributed by atoms with Gasteiger partial charge in [0.05, 0.1) is 0 Å². The van der Waals surface area contributed by atoms with Gasteiger partial charge in [-0.3, -0.25) is 0 Å². The van der Waals surface area contributed by atoms with E-state index in [0.29, 0.717) is 0 Å². The SMILES string of the molecule is [Ce].[Mg].[Mg].[Mn].[Zn]. The van der Waals surface area contributed by atoms with E-state index in [1.165, 1.54) is 0 Å². The van der Waals surface area contributed by atoms with Gasteiger partial charge in [-0.05, 0) is 0 Å². The fraction of sp³-hybridized carbons (Fsp3) is 0. The molecule has 0 atom stereocenters. The fourth-order valence-electron chi connectivity index (χ4n) is 0. The second-order valence-corrected chi connectivity index (χ2v) is 0. The van der Waals surface area contributed by atoms with Gasteiger partial charge in [0.1, 0.15) is 0 Å². The maximum Gasteiger partial charge on any atom is 0 e. The van der Waals surface area contributed by atoms with Gasteiger partial charge in [-0.15, -0.1) is 0 Å². The van der Waals surface area contributed by atoms with Gasteiger partial charge in [0.15, 0.2) is 0 Å². The monoisotopic (exact) mass is 307 g/mol. The van der Waals surface area contributed by atoms with Crippen molar-refractivity contribution in [3.63, 3.8) is 0 Å². The smallest absolute Gasteiger partial charge is 0 e. The Hall–Kier alpha value is 4.05. The van der Waals surface area contributed by atoms with Crippen LogP contribution in [0.1, 0.15) is 0 Å². The molecule has 0 N–H and O–H groups in total. The van der Waals surface area contributed by atoms with Gasteiger partial charge < -0.3 is 0 Å². The quantitative estimate of drug-likeness (QED) is 0.516. The molecule has 0 rings (SSSR count). The van der Waals surface area contributed by atoms with E-state index >= 15 is 0 Å². The summed E-state index contributed by atoms with van der Waals surface area (Å²) in [6, 6.07) is 0. The van der Waals surface area contributed by atoms with Crippen LogP contribution in [0.4, 0.5) is 0 Å². The molecule has 0 heterocycles. The Morgan fingerprint density at radius 2 is 0.800 bits per heavy atom. The van der Waals surface area contributed by atoms with Crippen LogP contribution in [0.5, 0.6) is 0 Å². The molecule has 0 aliphatic heterocycles. The van der Waals surface area contributed by atoms with Crippen LogP contribution in [0, 0.1) is 41.7 Å². The summed E-state index contributed by atoms with van der Waals surface area (Å²) in [5.41, 5.74) is 0. The molecule has 0 aliphatic rings. The first kappa shape index (κ1) is 35.7. The molecule has 5 heteroatoms. The molecular formula is CeMg2MnZn. The van der Waals surface area contributed by atoms with E-state index in [4.69, 9.17) is 0 Å². The Bertz CT molecular complexity index is 9.61. The van der Waals surface area contributed by atoms with Crippen LogP contribution in [0.15, 0.2) is 0 Å². The summed E-state index contributed by atoms with van der Waals surface area (Å²) < 4.78 is 0. The van der Waals surface area contributed by atoms with E-state index in [1.807, 2.05) is 0 Å². The Morgan fingerprint density at radius 1 is 0.800 bits per heavy atom. The molecule has 0 aliphatic carbocycles. The summed E-state index contributed by atoms with van der Waals surface area (Å²) in [6.45, 7) is 0. The first-order valence-electron chi connectivity index (χ1n) is 0. The normalized spacial score (nSPS) is 0.